The standard InChI is InChI=1S/C20H22FN3OS2/c1-23(2)11-6-12-24(19(25)14-7-4-8-15(13-14)26-3)20-22-18-16(21)9-5-10-17(18)27-20/h4-5,7-10,13H,6,11-12H2,1-3H3/p+1. The highest BCUT2D eigenvalue weighted by Crippen LogP contribution is 2.31. The van der Waals surface area contributed by atoms with Gasteiger partial charge in [0.15, 0.2) is 5.13 Å². The minimum Gasteiger partial charge on any atom is -0.340 e. The molecular formula is C20H23FN3OS2+. The number of halogens is 1. The van der Waals surface area contributed by atoms with E-state index in [0.29, 0.717) is 22.8 Å². The Balaban J connectivity index is 1.96. The summed E-state index contributed by atoms with van der Waals surface area (Å²) in [5, 5.41) is 0.545. The summed E-state index contributed by atoms with van der Waals surface area (Å²) < 4.78 is 14.8. The van der Waals surface area contributed by atoms with E-state index < -0.39 is 0 Å². The number of benzene rings is 2. The van der Waals surface area contributed by atoms with Gasteiger partial charge in [0, 0.05) is 23.4 Å². The number of nitrogens with zero attached hydrogens (tertiary/aromatic N) is 2. The molecule has 4 nitrogen and oxygen atoms in total. The van der Waals surface area contributed by atoms with E-state index in [0.717, 1.165) is 22.6 Å². The lowest BCUT2D eigenvalue weighted by Gasteiger charge is -2.20. The highest BCUT2D eigenvalue weighted by Gasteiger charge is 2.22. The first kappa shape index (κ1) is 19.8. The molecule has 1 aromatic heterocycles. The van der Waals surface area contributed by atoms with Gasteiger partial charge in [-0.25, -0.2) is 9.37 Å². The number of nitrogens with one attached hydrogen (secondary N) is 1. The lowest BCUT2D eigenvalue weighted by molar-refractivity contribution is -0.858. The summed E-state index contributed by atoms with van der Waals surface area (Å²) in [5.41, 5.74) is 0.949. The predicted octanol–water partition coefficient (Wildman–Crippen LogP) is 3.34. The topological polar surface area (TPSA) is 37.6 Å². The third kappa shape index (κ3) is 4.66. The molecule has 0 aliphatic carbocycles. The summed E-state index contributed by atoms with van der Waals surface area (Å²) in [7, 11) is 4.17. The molecular weight excluding hydrogens is 381 g/mol. The Morgan fingerprint density at radius 3 is 2.74 bits per heavy atom. The minimum absolute atomic E-state index is 0.0980. The molecule has 0 unspecified atom stereocenters. The fourth-order valence-corrected chi connectivity index (χ4v) is 4.27. The van der Waals surface area contributed by atoms with Gasteiger partial charge in [0.25, 0.3) is 5.91 Å². The molecule has 1 heterocycles. The number of aromatic nitrogens is 1. The van der Waals surface area contributed by atoms with Crippen LogP contribution in [0.1, 0.15) is 16.8 Å². The lowest BCUT2D eigenvalue weighted by Crippen LogP contribution is -3.05. The number of quaternary nitrogens is 1. The van der Waals surface area contributed by atoms with Gasteiger partial charge in [-0.2, -0.15) is 0 Å². The molecule has 0 saturated carbocycles. The highest BCUT2D eigenvalue weighted by molar-refractivity contribution is 7.98. The Bertz CT molecular complexity index is 942. The van der Waals surface area contributed by atoms with Crippen molar-refractivity contribution in [3.63, 3.8) is 0 Å². The summed E-state index contributed by atoms with van der Waals surface area (Å²) in [6, 6.07) is 12.5. The molecule has 142 valence electrons. The van der Waals surface area contributed by atoms with E-state index >= 15 is 0 Å². The molecule has 0 atom stereocenters. The van der Waals surface area contributed by atoms with E-state index in [2.05, 4.69) is 19.1 Å². The van der Waals surface area contributed by atoms with Crippen molar-refractivity contribution in [3.8, 4) is 0 Å². The Hall–Kier alpha value is -1.96. The van der Waals surface area contributed by atoms with E-state index in [9.17, 15) is 9.18 Å². The fraction of sp³-hybridized carbons (Fsp3) is 0.300. The van der Waals surface area contributed by atoms with E-state index in [1.54, 1.807) is 22.7 Å². The molecule has 0 aliphatic heterocycles. The number of thiazole rings is 1. The molecule has 7 heteroatoms. The number of carbonyl (C=O) groups excluding carboxylic acids is 1. The van der Waals surface area contributed by atoms with Crippen molar-refractivity contribution in [3.05, 3.63) is 53.8 Å². The van der Waals surface area contributed by atoms with Crippen LogP contribution in [0.2, 0.25) is 0 Å². The summed E-state index contributed by atoms with van der Waals surface area (Å²) in [4.78, 5) is 21.7. The normalized spacial score (nSPS) is 11.3. The number of hydrogen-bond acceptors (Lipinski definition) is 4. The Labute approximate surface area is 167 Å². The Kier molecular flexibility index (Phi) is 6.46. The van der Waals surface area contributed by atoms with Crippen molar-refractivity contribution in [1.82, 2.24) is 4.98 Å². The van der Waals surface area contributed by atoms with Crippen LogP contribution in [0.15, 0.2) is 47.4 Å². The van der Waals surface area contributed by atoms with Crippen LogP contribution < -0.4 is 9.80 Å². The minimum atomic E-state index is -0.357. The van der Waals surface area contributed by atoms with Gasteiger partial charge in [0.05, 0.1) is 25.3 Å². The van der Waals surface area contributed by atoms with Crippen molar-refractivity contribution in [2.75, 3.05) is 38.3 Å². The third-order valence-corrected chi connectivity index (χ3v) is 5.98. The van der Waals surface area contributed by atoms with Crippen LogP contribution in [0, 0.1) is 5.82 Å². The fourth-order valence-electron chi connectivity index (χ4n) is 2.81. The molecule has 0 spiro atoms. The molecule has 1 N–H and O–H groups in total. The van der Waals surface area contributed by atoms with Gasteiger partial charge >= 0.3 is 0 Å². The van der Waals surface area contributed by atoms with Crippen LogP contribution in [-0.2, 0) is 0 Å². The van der Waals surface area contributed by atoms with Gasteiger partial charge in [-0.1, -0.05) is 23.5 Å². The van der Waals surface area contributed by atoms with Gasteiger partial charge in [-0.05, 0) is 36.6 Å². The average Bonchev–Trinajstić information content (AvgIpc) is 3.10. The van der Waals surface area contributed by atoms with Gasteiger partial charge in [0.1, 0.15) is 11.3 Å². The van der Waals surface area contributed by atoms with Gasteiger partial charge in [-0.15, -0.1) is 11.8 Å². The SMILES string of the molecule is CSc1cccc(C(=O)N(CCC[NH+](C)C)c2nc3c(F)cccc3s2)c1. The van der Waals surface area contributed by atoms with Gasteiger partial charge < -0.3 is 4.90 Å². The van der Waals surface area contributed by atoms with E-state index in [4.69, 9.17) is 0 Å². The molecule has 0 bridgehead atoms. The lowest BCUT2D eigenvalue weighted by atomic mass is 10.2. The van der Waals surface area contributed by atoms with Crippen molar-refractivity contribution >= 4 is 44.4 Å². The first-order valence-corrected chi connectivity index (χ1v) is 10.8. The second-order valence-electron chi connectivity index (χ2n) is 6.58. The number of carbonyl (C=O) groups is 1. The predicted molar refractivity (Wildman–Crippen MR) is 112 cm³/mol. The van der Waals surface area contributed by atoms with Gasteiger partial charge in [-0.3, -0.25) is 9.69 Å². The number of rotatable bonds is 7. The summed E-state index contributed by atoms with van der Waals surface area (Å²) in [6.07, 6.45) is 2.83. The Morgan fingerprint density at radius 1 is 1.26 bits per heavy atom. The zero-order valence-electron chi connectivity index (χ0n) is 15.7. The van der Waals surface area contributed by atoms with Crippen LogP contribution in [0.3, 0.4) is 0 Å². The molecule has 1 amide bonds. The molecule has 0 radical (unpaired) electrons. The number of anilines is 1. The van der Waals surface area contributed by atoms with Gasteiger partial charge in [0.2, 0.25) is 0 Å². The van der Waals surface area contributed by atoms with E-state index in [1.807, 2.05) is 36.6 Å². The van der Waals surface area contributed by atoms with Crippen LogP contribution in [-0.4, -0.2) is 44.3 Å². The van der Waals surface area contributed by atoms with Crippen LogP contribution in [0.4, 0.5) is 9.52 Å². The molecule has 3 rings (SSSR count). The second kappa shape index (κ2) is 8.82. The van der Waals surface area contributed by atoms with Crippen molar-refractivity contribution < 1.29 is 14.1 Å². The van der Waals surface area contributed by atoms with Crippen molar-refractivity contribution in [2.45, 2.75) is 11.3 Å². The quantitative estimate of drug-likeness (QED) is 0.614. The largest absolute Gasteiger partial charge is 0.340 e. The van der Waals surface area contributed by atoms with E-state index in [-0.39, 0.29) is 11.7 Å². The second-order valence-corrected chi connectivity index (χ2v) is 8.47. The average molecular weight is 405 g/mol. The molecule has 0 fully saturated rings. The maximum Gasteiger partial charge on any atom is 0.260 e. The smallest absolute Gasteiger partial charge is 0.260 e. The maximum atomic E-state index is 14.1. The third-order valence-electron chi connectivity index (χ3n) is 4.21. The first-order valence-electron chi connectivity index (χ1n) is 8.79. The number of thioether (sulfide) groups is 1. The molecule has 0 saturated heterocycles. The van der Waals surface area contributed by atoms with Crippen LogP contribution in [0.5, 0.6) is 0 Å². The number of fused-ring (bicyclic) bond motifs is 1. The van der Waals surface area contributed by atoms with Crippen molar-refractivity contribution in [2.24, 2.45) is 0 Å². The first-order chi connectivity index (χ1) is 13.0. The zero-order chi connectivity index (χ0) is 19.4. The highest BCUT2D eigenvalue weighted by atomic mass is 32.2. The molecule has 27 heavy (non-hydrogen) atoms. The monoisotopic (exact) mass is 404 g/mol. The molecule has 2 aromatic carbocycles. The summed E-state index contributed by atoms with van der Waals surface area (Å²) in [6.45, 7) is 1.49. The summed E-state index contributed by atoms with van der Waals surface area (Å²) in [5.74, 6) is -0.455. The number of para-hydroxylation sites is 1. The molecule has 0 aliphatic rings. The van der Waals surface area contributed by atoms with Crippen molar-refractivity contribution in [1.29, 1.82) is 0 Å². The number of hydrogen-bond donors (Lipinski definition) is 1. The Morgan fingerprint density at radius 2 is 2.04 bits per heavy atom. The number of amides is 1. The van der Waals surface area contributed by atoms with E-state index in [1.165, 1.54) is 22.3 Å². The van der Waals surface area contributed by atoms with Crippen LogP contribution >= 0.6 is 23.1 Å². The molecule has 3 aromatic rings. The summed E-state index contributed by atoms with van der Waals surface area (Å²) >= 11 is 2.95. The zero-order valence-corrected chi connectivity index (χ0v) is 17.3. The van der Waals surface area contributed by atoms with Crippen LogP contribution in [0.25, 0.3) is 10.2 Å². The maximum absolute atomic E-state index is 14.1.